The van der Waals surface area contributed by atoms with Crippen molar-refractivity contribution in [1.29, 1.82) is 5.41 Å². The second kappa shape index (κ2) is 7.12. The number of nitrogens with one attached hydrogen (secondary N) is 1. The van der Waals surface area contributed by atoms with Crippen LogP contribution in [0, 0.1) is 5.41 Å². The Labute approximate surface area is 132 Å². The number of hydrogen-bond acceptors (Lipinski definition) is 3. The van der Waals surface area contributed by atoms with Gasteiger partial charge in [0.25, 0.3) is 0 Å². The first kappa shape index (κ1) is 16.1. The van der Waals surface area contributed by atoms with Gasteiger partial charge in [-0.3, -0.25) is 5.41 Å². The van der Waals surface area contributed by atoms with E-state index < -0.39 is 0 Å². The highest BCUT2D eigenvalue weighted by Gasteiger charge is 2.17. The Morgan fingerprint density at radius 2 is 1.45 bits per heavy atom. The molecule has 116 valence electrons. The first-order chi connectivity index (χ1) is 10.5. The van der Waals surface area contributed by atoms with E-state index >= 15 is 0 Å². The van der Waals surface area contributed by atoms with Gasteiger partial charge in [0.1, 0.15) is 0 Å². The Balaban J connectivity index is 2.47. The fourth-order valence-corrected chi connectivity index (χ4v) is 2.18. The van der Waals surface area contributed by atoms with Crippen LogP contribution < -0.4 is 9.47 Å². The van der Waals surface area contributed by atoms with E-state index in [9.17, 15) is 0 Å². The molecule has 22 heavy (non-hydrogen) atoms. The van der Waals surface area contributed by atoms with Crippen molar-refractivity contribution in [3.05, 3.63) is 59.7 Å². The Bertz CT molecular complexity index is 633. The van der Waals surface area contributed by atoms with Gasteiger partial charge in [-0.2, -0.15) is 0 Å². The lowest BCUT2D eigenvalue weighted by atomic mass is 10.0. The molecule has 3 nitrogen and oxygen atoms in total. The summed E-state index contributed by atoms with van der Waals surface area (Å²) in [4.78, 5) is 0. The van der Waals surface area contributed by atoms with Gasteiger partial charge >= 0.3 is 0 Å². The standard InChI is InChI=1S/C19H23NO2/c1-13(2)21-17-12-8-11-16(19(17)22-14(3)4)18(20)15-9-6-5-7-10-15/h5-14,20H,1-4H3. The lowest BCUT2D eigenvalue weighted by Crippen LogP contribution is -2.14. The number of rotatable bonds is 6. The van der Waals surface area contributed by atoms with Gasteiger partial charge in [0.05, 0.1) is 17.9 Å². The van der Waals surface area contributed by atoms with Gasteiger partial charge in [-0.05, 0) is 39.8 Å². The van der Waals surface area contributed by atoms with Crippen LogP contribution >= 0.6 is 0 Å². The quantitative estimate of drug-likeness (QED) is 0.787. The number of para-hydroxylation sites is 1. The Hall–Kier alpha value is -2.29. The molecular weight excluding hydrogens is 274 g/mol. The minimum absolute atomic E-state index is 0.0132. The summed E-state index contributed by atoms with van der Waals surface area (Å²) < 4.78 is 11.8. The first-order valence-electron chi connectivity index (χ1n) is 7.59. The molecule has 2 aromatic carbocycles. The molecule has 0 fully saturated rings. The molecule has 0 heterocycles. The van der Waals surface area contributed by atoms with E-state index in [1.165, 1.54) is 0 Å². The third kappa shape index (κ3) is 3.88. The molecule has 2 aromatic rings. The molecule has 2 rings (SSSR count). The van der Waals surface area contributed by atoms with Crippen LogP contribution in [0.1, 0.15) is 38.8 Å². The highest BCUT2D eigenvalue weighted by Crippen LogP contribution is 2.34. The first-order valence-corrected chi connectivity index (χ1v) is 7.59. The van der Waals surface area contributed by atoms with Crippen molar-refractivity contribution >= 4 is 5.71 Å². The number of hydrogen-bond donors (Lipinski definition) is 1. The predicted molar refractivity (Wildman–Crippen MR) is 90.3 cm³/mol. The molecule has 3 heteroatoms. The van der Waals surface area contributed by atoms with Crippen molar-refractivity contribution in [3.63, 3.8) is 0 Å². The van der Waals surface area contributed by atoms with Crippen molar-refractivity contribution in [2.45, 2.75) is 39.9 Å². The lowest BCUT2D eigenvalue weighted by Gasteiger charge is -2.20. The highest BCUT2D eigenvalue weighted by atomic mass is 16.5. The third-order valence-corrected chi connectivity index (χ3v) is 3.03. The summed E-state index contributed by atoms with van der Waals surface area (Å²) in [6.07, 6.45) is 0.0647. The van der Waals surface area contributed by atoms with Crippen molar-refractivity contribution in [3.8, 4) is 11.5 Å². The minimum atomic E-state index is 0.0132. The molecule has 0 saturated heterocycles. The minimum Gasteiger partial charge on any atom is -0.487 e. The van der Waals surface area contributed by atoms with Crippen LogP contribution in [0.25, 0.3) is 0 Å². The van der Waals surface area contributed by atoms with Crippen LogP contribution in [0.5, 0.6) is 11.5 Å². The van der Waals surface area contributed by atoms with Gasteiger partial charge < -0.3 is 9.47 Å². The van der Waals surface area contributed by atoms with E-state index in [0.717, 1.165) is 11.1 Å². The molecule has 0 aromatic heterocycles. The van der Waals surface area contributed by atoms with Gasteiger partial charge in [-0.15, -0.1) is 0 Å². The van der Waals surface area contributed by atoms with E-state index in [0.29, 0.717) is 17.2 Å². The maximum Gasteiger partial charge on any atom is 0.170 e. The van der Waals surface area contributed by atoms with Gasteiger partial charge in [-0.1, -0.05) is 36.4 Å². The molecule has 0 saturated carbocycles. The Kier molecular flexibility index (Phi) is 5.21. The summed E-state index contributed by atoms with van der Waals surface area (Å²) >= 11 is 0. The van der Waals surface area contributed by atoms with E-state index in [2.05, 4.69) is 0 Å². The van der Waals surface area contributed by atoms with Crippen LogP contribution in [-0.2, 0) is 0 Å². The summed E-state index contributed by atoms with van der Waals surface area (Å²) in [7, 11) is 0. The van der Waals surface area contributed by atoms with Gasteiger partial charge in [0.2, 0.25) is 0 Å². The van der Waals surface area contributed by atoms with E-state index in [4.69, 9.17) is 14.9 Å². The maximum absolute atomic E-state index is 8.50. The van der Waals surface area contributed by atoms with Crippen molar-refractivity contribution in [2.24, 2.45) is 0 Å². The van der Waals surface area contributed by atoms with Gasteiger partial charge in [-0.25, -0.2) is 0 Å². The zero-order valence-corrected chi connectivity index (χ0v) is 13.6. The molecule has 0 unspecified atom stereocenters. The second-order valence-electron chi connectivity index (χ2n) is 5.71. The van der Waals surface area contributed by atoms with Crippen LogP contribution in [0.3, 0.4) is 0 Å². The third-order valence-electron chi connectivity index (χ3n) is 3.03. The van der Waals surface area contributed by atoms with Gasteiger partial charge in [0, 0.05) is 11.1 Å². The zero-order valence-electron chi connectivity index (χ0n) is 13.6. The molecule has 0 aliphatic rings. The Morgan fingerprint density at radius 3 is 2.05 bits per heavy atom. The van der Waals surface area contributed by atoms with Crippen molar-refractivity contribution in [1.82, 2.24) is 0 Å². The SMILES string of the molecule is CC(C)Oc1cccc(C(=N)c2ccccc2)c1OC(C)C. The fourth-order valence-electron chi connectivity index (χ4n) is 2.18. The molecule has 0 amide bonds. The molecule has 0 atom stereocenters. The summed E-state index contributed by atoms with van der Waals surface area (Å²) in [6.45, 7) is 7.91. The number of ether oxygens (including phenoxy) is 2. The smallest absolute Gasteiger partial charge is 0.170 e. The van der Waals surface area contributed by atoms with Crippen molar-refractivity contribution < 1.29 is 9.47 Å². The number of benzene rings is 2. The fraction of sp³-hybridized carbons (Fsp3) is 0.316. The maximum atomic E-state index is 8.50. The van der Waals surface area contributed by atoms with Crippen LogP contribution in [0.15, 0.2) is 48.5 Å². The van der Waals surface area contributed by atoms with E-state index in [-0.39, 0.29) is 12.2 Å². The van der Waals surface area contributed by atoms with E-state index in [1.54, 1.807) is 0 Å². The van der Waals surface area contributed by atoms with E-state index in [1.807, 2.05) is 76.2 Å². The summed E-state index contributed by atoms with van der Waals surface area (Å²) in [5, 5.41) is 8.50. The molecule has 0 radical (unpaired) electrons. The highest BCUT2D eigenvalue weighted by molar-refractivity contribution is 6.12. The Morgan fingerprint density at radius 1 is 0.818 bits per heavy atom. The largest absolute Gasteiger partial charge is 0.487 e. The lowest BCUT2D eigenvalue weighted by molar-refractivity contribution is 0.198. The van der Waals surface area contributed by atoms with Gasteiger partial charge in [0.15, 0.2) is 11.5 Å². The average molecular weight is 297 g/mol. The zero-order chi connectivity index (χ0) is 16.1. The van der Waals surface area contributed by atoms with Crippen molar-refractivity contribution in [2.75, 3.05) is 0 Å². The average Bonchev–Trinajstić information content (AvgIpc) is 2.48. The normalized spacial score (nSPS) is 10.8. The molecule has 0 aliphatic heterocycles. The van der Waals surface area contributed by atoms with Crippen LogP contribution in [0.2, 0.25) is 0 Å². The molecule has 1 N–H and O–H groups in total. The summed E-state index contributed by atoms with van der Waals surface area (Å²) in [5.41, 5.74) is 2.04. The molecular formula is C19H23NO2. The van der Waals surface area contributed by atoms with Crippen LogP contribution in [-0.4, -0.2) is 17.9 Å². The molecule has 0 aliphatic carbocycles. The monoisotopic (exact) mass is 297 g/mol. The molecule has 0 bridgehead atoms. The topological polar surface area (TPSA) is 42.3 Å². The predicted octanol–water partition coefficient (Wildman–Crippen LogP) is 4.68. The second-order valence-corrected chi connectivity index (χ2v) is 5.71. The summed E-state index contributed by atoms with van der Waals surface area (Å²) in [6, 6.07) is 15.4. The van der Waals surface area contributed by atoms with Crippen LogP contribution in [0.4, 0.5) is 0 Å². The summed E-state index contributed by atoms with van der Waals surface area (Å²) in [5.74, 6) is 1.32. The molecule has 0 spiro atoms.